The van der Waals surface area contributed by atoms with Crippen LogP contribution in [0.5, 0.6) is 0 Å². The second kappa shape index (κ2) is 7.29. The van der Waals surface area contributed by atoms with Crippen LogP contribution in [0.25, 0.3) is 0 Å². The van der Waals surface area contributed by atoms with Crippen molar-refractivity contribution in [3.63, 3.8) is 0 Å². The molecule has 0 saturated heterocycles. The van der Waals surface area contributed by atoms with E-state index in [1.807, 2.05) is 0 Å². The molecule has 0 radical (unpaired) electrons. The highest BCUT2D eigenvalue weighted by molar-refractivity contribution is 6.36. The number of hydrogen-bond donors (Lipinski definition) is 2. The summed E-state index contributed by atoms with van der Waals surface area (Å²) < 4.78 is 0. The summed E-state index contributed by atoms with van der Waals surface area (Å²) in [6.45, 7) is 1.44. The number of carbonyl (C=O) groups is 2. The molecule has 0 atom stereocenters. The second-order valence-corrected chi connectivity index (χ2v) is 5.57. The highest BCUT2D eigenvalue weighted by atomic mass is 35.5. The molecule has 0 fully saturated rings. The SMILES string of the molecule is CC(=O)Nc1ccc(CC(=O)Nc2ccc(Cl)cc2Cl)cc1. The molecule has 2 N–H and O–H groups in total. The smallest absolute Gasteiger partial charge is 0.228 e. The third kappa shape index (κ3) is 4.76. The van der Waals surface area contributed by atoms with Gasteiger partial charge >= 0.3 is 0 Å². The standard InChI is InChI=1S/C16H14Cl2N2O2/c1-10(21)19-13-5-2-11(3-6-13)8-16(22)20-15-7-4-12(17)9-14(15)18/h2-7,9H,8H2,1H3,(H,19,21)(H,20,22). The summed E-state index contributed by atoms with van der Waals surface area (Å²) in [6.07, 6.45) is 0.208. The zero-order valence-electron chi connectivity index (χ0n) is 11.8. The van der Waals surface area contributed by atoms with E-state index in [4.69, 9.17) is 23.2 Å². The molecule has 2 rings (SSSR count). The summed E-state index contributed by atoms with van der Waals surface area (Å²) in [7, 11) is 0. The average molecular weight is 337 g/mol. The lowest BCUT2D eigenvalue weighted by atomic mass is 10.1. The van der Waals surface area contributed by atoms with Crippen LogP contribution in [0, 0.1) is 0 Å². The van der Waals surface area contributed by atoms with Gasteiger partial charge in [0.1, 0.15) is 0 Å². The maximum absolute atomic E-state index is 12.0. The van der Waals surface area contributed by atoms with Gasteiger partial charge in [0.15, 0.2) is 0 Å². The molecule has 2 aromatic carbocycles. The lowest BCUT2D eigenvalue weighted by Crippen LogP contribution is -2.14. The van der Waals surface area contributed by atoms with E-state index in [-0.39, 0.29) is 18.2 Å². The maximum atomic E-state index is 12.0. The highest BCUT2D eigenvalue weighted by Gasteiger charge is 2.07. The fourth-order valence-electron chi connectivity index (χ4n) is 1.88. The van der Waals surface area contributed by atoms with Crippen LogP contribution in [0.4, 0.5) is 11.4 Å². The molecular formula is C16H14Cl2N2O2. The van der Waals surface area contributed by atoms with Crippen LogP contribution < -0.4 is 10.6 Å². The first kappa shape index (κ1) is 16.3. The second-order valence-electron chi connectivity index (χ2n) is 4.73. The first-order valence-corrected chi connectivity index (χ1v) is 7.31. The van der Waals surface area contributed by atoms with E-state index in [1.54, 1.807) is 42.5 Å². The van der Waals surface area contributed by atoms with E-state index in [2.05, 4.69) is 10.6 Å². The fraction of sp³-hybridized carbons (Fsp3) is 0.125. The number of carbonyl (C=O) groups excluding carboxylic acids is 2. The quantitative estimate of drug-likeness (QED) is 0.881. The zero-order valence-corrected chi connectivity index (χ0v) is 13.3. The van der Waals surface area contributed by atoms with Gasteiger partial charge in [-0.05, 0) is 35.9 Å². The number of benzene rings is 2. The Morgan fingerprint density at radius 2 is 1.68 bits per heavy atom. The monoisotopic (exact) mass is 336 g/mol. The largest absolute Gasteiger partial charge is 0.326 e. The molecule has 0 aliphatic rings. The van der Waals surface area contributed by atoms with E-state index in [0.29, 0.717) is 21.4 Å². The maximum Gasteiger partial charge on any atom is 0.228 e. The van der Waals surface area contributed by atoms with Crippen molar-refractivity contribution in [2.75, 3.05) is 10.6 Å². The predicted octanol–water partition coefficient (Wildman–Crippen LogP) is 4.13. The minimum atomic E-state index is -0.184. The van der Waals surface area contributed by atoms with E-state index >= 15 is 0 Å². The fourth-order valence-corrected chi connectivity index (χ4v) is 2.34. The Balaban J connectivity index is 1.98. The van der Waals surface area contributed by atoms with Gasteiger partial charge in [0.05, 0.1) is 17.1 Å². The number of amides is 2. The Labute approximate surface area is 138 Å². The molecule has 0 saturated carbocycles. The van der Waals surface area contributed by atoms with Gasteiger partial charge in [-0.2, -0.15) is 0 Å². The van der Waals surface area contributed by atoms with Crippen molar-refractivity contribution in [3.05, 3.63) is 58.1 Å². The van der Waals surface area contributed by atoms with Crippen LogP contribution in [0.3, 0.4) is 0 Å². The predicted molar refractivity (Wildman–Crippen MR) is 89.5 cm³/mol. The summed E-state index contributed by atoms with van der Waals surface area (Å²) in [5.74, 6) is -0.320. The molecule has 2 amide bonds. The molecule has 0 aromatic heterocycles. The van der Waals surface area contributed by atoms with Crippen molar-refractivity contribution in [2.24, 2.45) is 0 Å². The minimum absolute atomic E-state index is 0.136. The van der Waals surface area contributed by atoms with E-state index in [1.165, 1.54) is 6.92 Å². The molecule has 2 aromatic rings. The van der Waals surface area contributed by atoms with Crippen molar-refractivity contribution in [3.8, 4) is 0 Å². The Morgan fingerprint density at radius 1 is 1.00 bits per heavy atom. The molecule has 6 heteroatoms. The van der Waals surface area contributed by atoms with Gasteiger partial charge in [-0.15, -0.1) is 0 Å². The molecule has 0 aliphatic carbocycles. The van der Waals surface area contributed by atoms with Gasteiger partial charge < -0.3 is 10.6 Å². The minimum Gasteiger partial charge on any atom is -0.326 e. The van der Waals surface area contributed by atoms with Gasteiger partial charge in [0, 0.05) is 17.6 Å². The molecular weight excluding hydrogens is 323 g/mol. The summed E-state index contributed by atoms with van der Waals surface area (Å²) >= 11 is 11.8. The molecule has 0 spiro atoms. The van der Waals surface area contributed by atoms with Crippen molar-refractivity contribution in [1.82, 2.24) is 0 Å². The Hall–Kier alpha value is -2.04. The number of rotatable bonds is 4. The molecule has 0 heterocycles. The summed E-state index contributed by atoms with van der Waals surface area (Å²) in [5, 5.41) is 6.30. The molecule has 0 unspecified atom stereocenters. The highest BCUT2D eigenvalue weighted by Crippen LogP contribution is 2.25. The third-order valence-corrected chi connectivity index (χ3v) is 3.39. The van der Waals surface area contributed by atoms with E-state index < -0.39 is 0 Å². The number of hydrogen-bond acceptors (Lipinski definition) is 2. The average Bonchev–Trinajstić information content (AvgIpc) is 2.43. The van der Waals surface area contributed by atoms with Crippen molar-refractivity contribution < 1.29 is 9.59 Å². The zero-order chi connectivity index (χ0) is 16.1. The number of nitrogens with one attached hydrogen (secondary N) is 2. The first-order chi connectivity index (χ1) is 10.4. The van der Waals surface area contributed by atoms with Crippen molar-refractivity contribution >= 4 is 46.4 Å². The summed E-state index contributed by atoms with van der Waals surface area (Å²) in [6, 6.07) is 12.0. The third-order valence-electron chi connectivity index (χ3n) is 2.84. The lowest BCUT2D eigenvalue weighted by molar-refractivity contribution is -0.116. The van der Waals surface area contributed by atoms with Gasteiger partial charge in [-0.3, -0.25) is 9.59 Å². The van der Waals surface area contributed by atoms with Crippen LogP contribution in [0.1, 0.15) is 12.5 Å². The van der Waals surface area contributed by atoms with Crippen LogP contribution in [0.15, 0.2) is 42.5 Å². The van der Waals surface area contributed by atoms with Crippen LogP contribution >= 0.6 is 23.2 Å². The molecule has 22 heavy (non-hydrogen) atoms. The summed E-state index contributed by atoms with van der Waals surface area (Å²) in [4.78, 5) is 22.9. The van der Waals surface area contributed by atoms with Crippen LogP contribution in [-0.2, 0) is 16.0 Å². The van der Waals surface area contributed by atoms with Gasteiger partial charge in [0.2, 0.25) is 11.8 Å². The van der Waals surface area contributed by atoms with E-state index in [9.17, 15) is 9.59 Å². The Kier molecular flexibility index (Phi) is 5.41. The van der Waals surface area contributed by atoms with Crippen LogP contribution in [-0.4, -0.2) is 11.8 Å². The first-order valence-electron chi connectivity index (χ1n) is 6.55. The Bertz CT molecular complexity index is 700. The van der Waals surface area contributed by atoms with E-state index in [0.717, 1.165) is 5.56 Å². The lowest BCUT2D eigenvalue weighted by Gasteiger charge is -2.08. The van der Waals surface area contributed by atoms with Crippen LogP contribution in [0.2, 0.25) is 10.0 Å². The molecule has 4 nitrogen and oxygen atoms in total. The van der Waals surface area contributed by atoms with Crippen molar-refractivity contribution in [2.45, 2.75) is 13.3 Å². The number of halogens is 2. The van der Waals surface area contributed by atoms with Gasteiger partial charge in [0.25, 0.3) is 0 Å². The van der Waals surface area contributed by atoms with Crippen molar-refractivity contribution in [1.29, 1.82) is 0 Å². The van der Waals surface area contributed by atoms with Gasteiger partial charge in [-0.25, -0.2) is 0 Å². The van der Waals surface area contributed by atoms with Gasteiger partial charge in [-0.1, -0.05) is 35.3 Å². The summed E-state index contributed by atoms with van der Waals surface area (Å²) in [5.41, 5.74) is 2.04. The molecule has 0 aliphatic heterocycles. The molecule has 114 valence electrons. The number of anilines is 2. The Morgan fingerprint density at radius 3 is 2.27 bits per heavy atom. The normalized spacial score (nSPS) is 10.1. The topological polar surface area (TPSA) is 58.2 Å². The molecule has 0 bridgehead atoms.